The van der Waals surface area contributed by atoms with E-state index in [0.29, 0.717) is 16.8 Å². The van der Waals surface area contributed by atoms with E-state index in [-0.39, 0.29) is 0 Å². The number of hydrogen-bond acceptors (Lipinski definition) is 5. The summed E-state index contributed by atoms with van der Waals surface area (Å²) >= 11 is 6.23. The number of anilines is 1. The average Bonchev–Trinajstić information content (AvgIpc) is 2.51. The summed E-state index contributed by atoms with van der Waals surface area (Å²) < 4.78 is 5.41. The molecule has 1 aliphatic heterocycles. The van der Waals surface area contributed by atoms with Gasteiger partial charge in [0.05, 0.1) is 17.6 Å². The van der Waals surface area contributed by atoms with Crippen LogP contribution in [0.4, 0.5) is 5.69 Å². The van der Waals surface area contributed by atoms with Gasteiger partial charge in [0.2, 0.25) is 0 Å². The molecule has 1 fully saturated rings. The van der Waals surface area contributed by atoms with Gasteiger partial charge in [0.15, 0.2) is 5.15 Å². The van der Waals surface area contributed by atoms with Gasteiger partial charge in [0, 0.05) is 24.5 Å². The van der Waals surface area contributed by atoms with Crippen LogP contribution < -0.4 is 5.73 Å². The predicted octanol–water partition coefficient (Wildman–Crippen LogP) is 2.98. The van der Waals surface area contributed by atoms with Gasteiger partial charge < -0.3 is 10.5 Å². The molecule has 0 unspecified atom stereocenters. The van der Waals surface area contributed by atoms with Crippen LogP contribution in [0, 0.1) is 6.92 Å². The van der Waals surface area contributed by atoms with Gasteiger partial charge in [-0.05, 0) is 43.4 Å². The molecule has 6 heteroatoms. The minimum absolute atomic E-state index is 0.370. The van der Waals surface area contributed by atoms with Crippen LogP contribution in [-0.4, -0.2) is 28.4 Å². The molecule has 2 aromatic heterocycles. The highest BCUT2D eigenvalue weighted by molar-refractivity contribution is 6.30. The molecule has 0 amide bonds. The minimum Gasteiger partial charge on any atom is -0.397 e. The number of halogens is 1. The van der Waals surface area contributed by atoms with Crippen LogP contribution in [0.5, 0.6) is 0 Å². The van der Waals surface area contributed by atoms with E-state index >= 15 is 0 Å². The second kappa shape index (κ2) is 5.95. The molecule has 2 N–H and O–H groups in total. The summed E-state index contributed by atoms with van der Waals surface area (Å²) in [6, 6.07) is 3.88. The van der Waals surface area contributed by atoms with Gasteiger partial charge in [-0.2, -0.15) is 0 Å². The summed E-state index contributed by atoms with van der Waals surface area (Å²) in [5, 5.41) is 8.78. The van der Waals surface area contributed by atoms with Gasteiger partial charge >= 0.3 is 0 Å². The van der Waals surface area contributed by atoms with Gasteiger partial charge in [0.25, 0.3) is 0 Å². The Hall–Kier alpha value is -1.72. The van der Waals surface area contributed by atoms with Gasteiger partial charge in [-0.3, -0.25) is 4.98 Å². The van der Waals surface area contributed by atoms with Crippen molar-refractivity contribution in [1.29, 1.82) is 0 Å². The summed E-state index contributed by atoms with van der Waals surface area (Å²) in [7, 11) is 0. The molecule has 0 atom stereocenters. The molecule has 3 rings (SSSR count). The monoisotopic (exact) mass is 304 g/mol. The third kappa shape index (κ3) is 2.99. The number of aromatic nitrogens is 3. The lowest BCUT2D eigenvalue weighted by Gasteiger charge is -2.23. The predicted molar refractivity (Wildman–Crippen MR) is 82.2 cm³/mol. The van der Waals surface area contributed by atoms with Crippen LogP contribution in [-0.2, 0) is 4.74 Å². The Morgan fingerprint density at radius 1 is 1.24 bits per heavy atom. The average molecular weight is 305 g/mol. The topological polar surface area (TPSA) is 73.9 Å². The van der Waals surface area contributed by atoms with Gasteiger partial charge in [-0.15, -0.1) is 10.2 Å². The van der Waals surface area contributed by atoms with Crippen molar-refractivity contribution in [3.8, 4) is 11.3 Å². The Morgan fingerprint density at radius 3 is 2.76 bits per heavy atom. The molecule has 3 heterocycles. The largest absolute Gasteiger partial charge is 0.397 e. The van der Waals surface area contributed by atoms with Crippen LogP contribution in [0.25, 0.3) is 11.3 Å². The minimum atomic E-state index is 0.370. The van der Waals surface area contributed by atoms with Crippen molar-refractivity contribution in [3.05, 3.63) is 34.7 Å². The van der Waals surface area contributed by atoms with E-state index in [1.165, 1.54) is 0 Å². The Labute approximate surface area is 128 Å². The number of nitrogens with zero attached hydrogens (tertiary/aromatic N) is 3. The van der Waals surface area contributed by atoms with Crippen molar-refractivity contribution in [1.82, 2.24) is 15.2 Å². The van der Waals surface area contributed by atoms with Crippen LogP contribution in [0.2, 0.25) is 5.15 Å². The first-order chi connectivity index (χ1) is 10.1. The molecular weight excluding hydrogens is 288 g/mol. The standard InChI is InChI=1S/C15H17ClN4O/c1-9-12(6-11(17)8-18-9)14-7-13(15(16)20-19-14)10-2-4-21-5-3-10/h6-8,10H,2-5,17H2,1H3. The Morgan fingerprint density at radius 2 is 2.00 bits per heavy atom. The fourth-order valence-corrected chi connectivity index (χ4v) is 2.87. The zero-order valence-electron chi connectivity index (χ0n) is 11.8. The number of ether oxygens (including phenoxy) is 1. The third-order valence-corrected chi connectivity index (χ3v) is 4.11. The first-order valence-corrected chi connectivity index (χ1v) is 7.36. The van der Waals surface area contributed by atoms with Crippen molar-refractivity contribution in [2.24, 2.45) is 0 Å². The normalized spacial score (nSPS) is 16.1. The van der Waals surface area contributed by atoms with Gasteiger partial charge in [0.1, 0.15) is 0 Å². The lowest BCUT2D eigenvalue weighted by Crippen LogP contribution is -2.15. The molecule has 5 nitrogen and oxygen atoms in total. The van der Waals surface area contributed by atoms with Crippen molar-refractivity contribution in [2.45, 2.75) is 25.7 Å². The van der Waals surface area contributed by atoms with Gasteiger partial charge in [-0.1, -0.05) is 11.6 Å². The highest BCUT2D eigenvalue weighted by Gasteiger charge is 2.21. The maximum atomic E-state index is 6.23. The number of rotatable bonds is 2. The number of nitrogens with two attached hydrogens (primary N) is 1. The van der Waals surface area contributed by atoms with Crippen LogP contribution >= 0.6 is 11.6 Å². The van der Waals surface area contributed by atoms with Crippen LogP contribution in [0.1, 0.15) is 30.0 Å². The molecular formula is C15H17ClN4O. The Bertz CT molecular complexity index is 656. The third-order valence-electron chi connectivity index (χ3n) is 3.82. The van der Waals surface area contributed by atoms with Crippen LogP contribution in [0.3, 0.4) is 0 Å². The van der Waals surface area contributed by atoms with E-state index < -0.39 is 0 Å². The zero-order valence-corrected chi connectivity index (χ0v) is 12.6. The molecule has 0 aliphatic carbocycles. The lowest BCUT2D eigenvalue weighted by molar-refractivity contribution is 0.0853. The quantitative estimate of drug-likeness (QED) is 0.923. The Balaban J connectivity index is 2.02. The van der Waals surface area contributed by atoms with Crippen molar-refractivity contribution in [2.75, 3.05) is 18.9 Å². The number of pyridine rings is 1. The second-order valence-electron chi connectivity index (χ2n) is 5.26. The van der Waals surface area contributed by atoms with Crippen molar-refractivity contribution < 1.29 is 4.74 Å². The van der Waals surface area contributed by atoms with Gasteiger partial charge in [-0.25, -0.2) is 0 Å². The Kier molecular flexibility index (Phi) is 4.03. The molecule has 0 radical (unpaired) electrons. The first kappa shape index (κ1) is 14.2. The molecule has 0 saturated carbocycles. The number of nitrogen functional groups attached to an aromatic ring is 1. The molecule has 21 heavy (non-hydrogen) atoms. The van der Waals surface area contributed by atoms with E-state index in [1.807, 2.05) is 19.1 Å². The summed E-state index contributed by atoms with van der Waals surface area (Å²) in [5.74, 6) is 0.370. The van der Waals surface area contributed by atoms with E-state index in [0.717, 1.165) is 48.6 Å². The second-order valence-corrected chi connectivity index (χ2v) is 5.62. The molecule has 0 aromatic carbocycles. The highest BCUT2D eigenvalue weighted by atomic mass is 35.5. The summed E-state index contributed by atoms with van der Waals surface area (Å²) in [4.78, 5) is 4.27. The summed E-state index contributed by atoms with van der Waals surface area (Å²) in [5.41, 5.74) is 10.00. The molecule has 0 bridgehead atoms. The summed E-state index contributed by atoms with van der Waals surface area (Å²) in [6.45, 7) is 3.45. The summed E-state index contributed by atoms with van der Waals surface area (Å²) in [6.07, 6.45) is 3.56. The fraction of sp³-hybridized carbons (Fsp3) is 0.400. The highest BCUT2D eigenvalue weighted by Crippen LogP contribution is 2.33. The molecule has 110 valence electrons. The van der Waals surface area contributed by atoms with Crippen LogP contribution in [0.15, 0.2) is 18.3 Å². The van der Waals surface area contributed by atoms with E-state index in [2.05, 4.69) is 15.2 Å². The first-order valence-electron chi connectivity index (χ1n) is 6.98. The van der Waals surface area contributed by atoms with E-state index in [9.17, 15) is 0 Å². The van der Waals surface area contributed by atoms with Crippen molar-refractivity contribution >= 4 is 17.3 Å². The zero-order chi connectivity index (χ0) is 14.8. The van der Waals surface area contributed by atoms with E-state index in [1.54, 1.807) is 6.20 Å². The van der Waals surface area contributed by atoms with E-state index in [4.69, 9.17) is 22.1 Å². The SMILES string of the molecule is Cc1ncc(N)cc1-c1cc(C2CCOCC2)c(Cl)nn1. The maximum absolute atomic E-state index is 6.23. The smallest absolute Gasteiger partial charge is 0.155 e. The molecule has 1 saturated heterocycles. The van der Waals surface area contributed by atoms with Crippen molar-refractivity contribution in [3.63, 3.8) is 0 Å². The number of hydrogen-bond donors (Lipinski definition) is 1. The number of aryl methyl sites for hydroxylation is 1. The molecule has 2 aromatic rings. The molecule has 0 spiro atoms. The maximum Gasteiger partial charge on any atom is 0.155 e. The lowest BCUT2D eigenvalue weighted by atomic mass is 9.92. The fourth-order valence-electron chi connectivity index (χ4n) is 2.63. The molecule has 1 aliphatic rings.